The molecule has 3 rings (SSSR count). The van der Waals surface area contributed by atoms with Gasteiger partial charge in [0, 0.05) is 12.0 Å². The average molecular weight is 470 g/mol. The van der Waals surface area contributed by atoms with Crippen molar-refractivity contribution in [1.82, 2.24) is 10.6 Å². The van der Waals surface area contributed by atoms with Crippen LogP contribution in [0.1, 0.15) is 68.2 Å². The molecule has 0 heterocycles. The number of alkyl carbamates (subject to hydrolysis) is 1. The van der Waals surface area contributed by atoms with E-state index in [9.17, 15) is 18.8 Å². The lowest BCUT2D eigenvalue weighted by Gasteiger charge is -2.32. The van der Waals surface area contributed by atoms with Gasteiger partial charge in [-0.05, 0) is 61.4 Å². The Morgan fingerprint density at radius 2 is 1.65 bits per heavy atom. The van der Waals surface area contributed by atoms with Gasteiger partial charge in [0.15, 0.2) is 0 Å². The van der Waals surface area contributed by atoms with Crippen LogP contribution in [0.2, 0.25) is 0 Å². The maximum Gasteiger partial charge on any atom is 0.407 e. The molecule has 0 spiro atoms. The zero-order chi connectivity index (χ0) is 24.7. The summed E-state index contributed by atoms with van der Waals surface area (Å²) in [6.07, 6.45) is 3.01. The van der Waals surface area contributed by atoms with Gasteiger partial charge in [-0.2, -0.15) is 0 Å². The molecule has 2 aromatic carbocycles. The van der Waals surface area contributed by atoms with Gasteiger partial charge in [-0.1, -0.05) is 49.2 Å². The van der Waals surface area contributed by atoms with E-state index in [1.165, 1.54) is 24.3 Å². The molecule has 1 saturated carbocycles. The van der Waals surface area contributed by atoms with Crippen molar-refractivity contribution in [2.75, 3.05) is 0 Å². The molecular weight excluding hydrogens is 437 g/mol. The van der Waals surface area contributed by atoms with Crippen molar-refractivity contribution >= 4 is 17.9 Å². The number of primary amides is 1. The van der Waals surface area contributed by atoms with Gasteiger partial charge in [-0.3, -0.25) is 9.59 Å². The third-order valence-electron chi connectivity index (χ3n) is 6.06. The number of nitrogens with two attached hydrogens (primary N) is 1. The van der Waals surface area contributed by atoms with Crippen LogP contribution in [-0.4, -0.2) is 23.9 Å². The molecule has 7 nitrogen and oxygen atoms in total. The second-order valence-corrected chi connectivity index (χ2v) is 9.01. The Morgan fingerprint density at radius 3 is 2.26 bits per heavy atom. The van der Waals surface area contributed by atoms with Crippen molar-refractivity contribution in [3.05, 3.63) is 71.0 Å². The van der Waals surface area contributed by atoms with E-state index in [1.54, 1.807) is 0 Å². The molecule has 0 bridgehead atoms. The summed E-state index contributed by atoms with van der Waals surface area (Å²) in [6, 6.07) is 12.1. The van der Waals surface area contributed by atoms with Crippen LogP contribution < -0.4 is 16.4 Å². The normalized spacial score (nSPS) is 18.7. The molecule has 3 amide bonds. The van der Waals surface area contributed by atoms with Crippen molar-refractivity contribution in [1.29, 1.82) is 0 Å². The molecule has 8 heteroatoms. The van der Waals surface area contributed by atoms with E-state index in [0.29, 0.717) is 12.0 Å². The molecule has 0 radical (unpaired) electrons. The Morgan fingerprint density at radius 1 is 1.00 bits per heavy atom. The highest BCUT2D eigenvalue weighted by molar-refractivity contribution is 5.89. The molecule has 2 aromatic rings. The van der Waals surface area contributed by atoms with Crippen LogP contribution >= 0.6 is 0 Å². The molecule has 0 saturated heterocycles. The van der Waals surface area contributed by atoms with Gasteiger partial charge in [0.2, 0.25) is 11.8 Å². The summed E-state index contributed by atoms with van der Waals surface area (Å²) in [4.78, 5) is 36.9. The van der Waals surface area contributed by atoms with Gasteiger partial charge >= 0.3 is 6.09 Å². The highest BCUT2D eigenvalue weighted by atomic mass is 19.1. The smallest absolute Gasteiger partial charge is 0.407 e. The average Bonchev–Trinajstić information content (AvgIpc) is 2.81. The SMILES string of the molecule is CC(C)NC(=O)OCc1ccc([C@@H]2CCCC[C@H]2C(=O)N[C@H](C(N)=O)c2ccc(F)cc2)cc1. The lowest BCUT2D eigenvalue weighted by Crippen LogP contribution is -2.42. The zero-order valence-corrected chi connectivity index (χ0v) is 19.6. The Labute approximate surface area is 199 Å². The molecule has 4 N–H and O–H groups in total. The number of rotatable bonds is 8. The Kier molecular flexibility index (Phi) is 8.62. The van der Waals surface area contributed by atoms with Crippen molar-refractivity contribution < 1.29 is 23.5 Å². The molecule has 0 unspecified atom stereocenters. The first-order valence-electron chi connectivity index (χ1n) is 11.6. The summed E-state index contributed by atoms with van der Waals surface area (Å²) < 4.78 is 18.5. The second-order valence-electron chi connectivity index (χ2n) is 9.01. The van der Waals surface area contributed by atoms with Gasteiger partial charge in [0.25, 0.3) is 0 Å². The van der Waals surface area contributed by atoms with Gasteiger partial charge in [0.05, 0.1) is 0 Å². The summed E-state index contributed by atoms with van der Waals surface area (Å²) >= 11 is 0. The predicted molar refractivity (Wildman–Crippen MR) is 126 cm³/mol. The largest absolute Gasteiger partial charge is 0.445 e. The summed E-state index contributed by atoms with van der Waals surface area (Å²) in [6.45, 7) is 3.88. The fraction of sp³-hybridized carbons (Fsp3) is 0.423. The minimum Gasteiger partial charge on any atom is -0.445 e. The minimum atomic E-state index is -1.02. The summed E-state index contributed by atoms with van der Waals surface area (Å²) in [5, 5.41) is 5.46. The van der Waals surface area contributed by atoms with Crippen LogP contribution in [0.5, 0.6) is 0 Å². The number of benzene rings is 2. The third kappa shape index (κ3) is 6.79. The van der Waals surface area contributed by atoms with Gasteiger partial charge in [-0.25, -0.2) is 9.18 Å². The third-order valence-corrected chi connectivity index (χ3v) is 6.06. The minimum absolute atomic E-state index is 0.00137. The standard InChI is InChI=1S/C26H32FN3O4/c1-16(2)29-26(33)34-15-17-7-9-18(10-8-17)21-5-3-4-6-22(21)25(32)30-23(24(28)31)19-11-13-20(27)14-12-19/h7-14,16,21-23H,3-6,15H2,1-2H3,(H2,28,31)(H,29,33)(H,30,32)/t21-,22+,23-/m0/s1. The van der Waals surface area contributed by atoms with Crippen molar-refractivity contribution in [3.8, 4) is 0 Å². The monoisotopic (exact) mass is 469 g/mol. The zero-order valence-electron chi connectivity index (χ0n) is 19.6. The molecule has 0 aromatic heterocycles. The van der Waals surface area contributed by atoms with E-state index >= 15 is 0 Å². The van der Waals surface area contributed by atoms with Crippen molar-refractivity contribution in [3.63, 3.8) is 0 Å². The highest BCUT2D eigenvalue weighted by Crippen LogP contribution is 2.38. The maximum atomic E-state index is 13.3. The van der Waals surface area contributed by atoms with Crippen molar-refractivity contribution in [2.24, 2.45) is 11.7 Å². The van der Waals surface area contributed by atoms with Gasteiger partial charge < -0.3 is 21.1 Å². The van der Waals surface area contributed by atoms with E-state index in [1.807, 2.05) is 38.1 Å². The number of hydrogen-bond acceptors (Lipinski definition) is 4. The van der Waals surface area contributed by atoms with Gasteiger partial charge in [-0.15, -0.1) is 0 Å². The Bertz CT molecular complexity index is 992. The van der Waals surface area contributed by atoms with Crippen LogP contribution in [0.3, 0.4) is 0 Å². The van der Waals surface area contributed by atoms with E-state index in [0.717, 1.165) is 30.4 Å². The fourth-order valence-electron chi connectivity index (χ4n) is 4.35. The number of nitrogens with one attached hydrogen (secondary N) is 2. The number of amides is 3. The Balaban J connectivity index is 1.68. The molecule has 34 heavy (non-hydrogen) atoms. The number of hydrogen-bond donors (Lipinski definition) is 3. The summed E-state index contributed by atoms with van der Waals surface area (Å²) in [5.74, 6) is -1.68. The van der Waals surface area contributed by atoms with E-state index in [-0.39, 0.29) is 30.4 Å². The molecule has 1 aliphatic rings. The van der Waals surface area contributed by atoms with E-state index < -0.39 is 23.9 Å². The van der Waals surface area contributed by atoms with Crippen LogP contribution in [0.4, 0.5) is 9.18 Å². The molecule has 0 aliphatic heterocycles. The molecular formula is C26H32FN3O4. The Hall–Kier alpha value is -3.42. The quantitative estimate of drug-likeness (QED) is 0.541. The van der Waals surface area contributed by atoms with Gasteiger partial charge in [0.1, 0.15) is 18.5 Å². The van der Waals surface area contributed by atoms with E-state index in [2.05, 4.69) is 10.6 Å². The number of ether oxygens (including phenoxy) is 1. The summed E-state index contributed by atoms with van der Waals surface area (Å²) in [5.41, 5.74) is 7.85. The van der Waals surface area contributed by atoms with Crippen LogP contribution in [0.15, 0.2) is 48.5 Å². The molecule has 3 atom stereocenters. The lowest BCUT2D eigenvalue weighted by atomic mass is 9.74. The highest BCUT2D eigenvalue weighted by Gasteiger charge is 2.34. The van der Waals surface area contributed by atoms with Crippen LogP contribution in [-0.2, 0) is 20.9 Å². The molecule has 182 valence electrons. The van der Waals surface area contributed by atoms with Crippen LogP contribution in [0.25, 0.3) is 0 Å². The molecule has 1 fully saturated rings. The van der Waals surface area contributed by atoms with Crippen molar-refractivity contribution in [2.45, 2.75) is 64.1 Å². The first kappa shape index (κ1) is 25.2. The first-order valence-corrected chi connectivity index (χ1v) is 11.6. The fourth-order valence-corrected chi connectivity index (χ4v) is 4.35. The topological polar surface area (TPSA) is 111 Å². The predicted octanol–water partition coefficient (Wildman–Crippen LogP) is 4.08. The maximum absolute atomic E-state index is 13.3. The van der Waals surface area contributed by atoms with E-state index in [4.69, 9.17) is 10.5 Å². The number of halogens is 1. The van der Waals surface area contributed by atoms with Crippen LogP contribution in [0, 0.1) is 11.7 Å². The number of carbonyl (C=O) groups is 3. The summed E-state index contributed by atoms with van der Waals surface area (Å²) in [7, 11) is 0. The first-order chi connectivity index (χ1) is 16.2. The lowest BCUT2D eigenvalue weighted by molar-refractivity contribution is -0.131. The number of carbonyl (C=O) groups excluding carboxylic acids is 3. The second kappa shape index (κ2) is 11.6. The molecule has 1 aliphatic carbocycles.